The van der Waals surface area contributed by atoms with Gasteiger partial charge in [-0.1, -0.05) is 45.2 Å². The first-order valence-corrected chi connectivity index (χ1v) is 6.56. The number of anilines is 1. The third-order valence-corrected chi connectivity index (χ3v) is 3.30. The van der Waals surface area contributed by atoms with E-state index < -0.39 is 0 Å². The summed E-state index contributed by atoms with van der Waals surface area (Å²) in [5.41, 5.74) is 2.33. The molecule has 2 nitrogen and oxygen atoms in total. The van der Waals surface area contributed by atoms with Gasteiger partial charge < -0.3 is 5.32 Å². The predicted molar refractivity (Wildman–Crippen MR) is 78.3 cm³/mol. The molecule has 0 bridgehead atoms. The number of benzene rings is 2. The molecule has 0 atom stereocenters. The maximum Gasteiger partial charge on any atom is 0.255 e. The lowest BCUT2D eigenvalue weighted by Gasteiger charge is -2.07. The molecule has 1 amide bonds. The Labute approximate surface area is 119 Å². The minimum absolute atomic E-state index is 0.167. The van der Waals surface area contributed by atoms with Gasteiger partial charge >= 0.3 is 0 Å². The summed E-state index contributed by atoms with van der Waals surface area (Å²) in [5, 5.41) is 3.29. The van der Waals surface area contributed by atoms with Crippen LogP contribution in [0, 0.1) is 6.92 Å². The summed E-state index contributed by atoms with van der Waals surface area (Å²) in [6.45, 7) is 1.98. The second kappa shape index (κ2) is 5.55. The molecule has 0 unspecified atom stereocenters. The van der Waals surface area contributed by atoms with Crippen LogP contribution in [-0.2, 0) is 0 Å². The molecule has 0 radical (unpaired) electrons. The first-order chi connectivity index (χ1) is 8.56. The summed E-state index contributed by atoms with van der Waals surface area (Å²) in [7, 11) is 0. The lowest BCUT2D eigenvalue weighted by Crippen LogP contribution is -2.12. The van der Waals surface area contributed by atoms with Gasteiger partial charge in [0, 0.05) is 10.0 Å². The quantitative estimate of drug-likeness (QED) is 0.855. The fourth-order valence-corrected chi connectivity index (χ4v) is 2.21. The Kier molecular flexibility index (Phi) is 4.04. The number of nitrogens with one attached hydrogen (secondary N) is 1. The van der Waals surface area contributed by atoms with Crippen LogP contribution >= 0.6 is 27.5 Å². The molecule has 18 heavy (non-hydrogen) atoms. The number of rotatable bonds is 2. The maximum atomic E-state index is 12.0. The molecule has 0 aliphatic rings. The van der Waals surface area contributed by atoms with Crippen LogP contribution in [0.5, 0.6) is 0 Å². The summed E-state index contributed by atoms with van der Waals surface area (Å²) in [6, 6.07) is 12.7. The first kappa shape index (κ1) is 13.1. The summed E-state index contributed by atoms with van der Waals surface area (Å²) < 4.78 is 0.876. The standard InChI is InChI=1S/C14H11BrClNO/c1-9-2-4-10(5-3-9)14(18)17-13-7-6-11(15)8-12(13)16/h2-8H,1H3,(H,17,18). The zero-order valence-corrected chi connectivity index (χ0v) is 12.0. The minimum Gasteiger partial charge on any atom is -0.321 e. The van der Waals surface area contributed by atoms with Crippen molar-refractivity contribution < 1.29 is 4.79 Å². The van der Waals surface area contributed by atoms with Crippen molar-refractivity contribution in [3.05, 3.63) is 63.1 Å². The molecule has 2 aromatic rings. The molecule has 2 aromatic carbocycles. The third kappa shape index (κ3) is 3.12. The Morgan fingerprint density at radius 1 is 1.17 bits per heavy atom. The molecule has 2 rings (SSSR count). The predicted octanol–water partition coefficient (Wildman–Crippen LogP) is 4.66. The highest BCUT2D eigenvalue weighted by atomic mass is 79.9. The van der Waals surface area contributed by atoms with Crippen molar-refractivity contribution in [2.24, 2.45) is 0 Å². The highest BCUT2D eigenvalue weighted by Crippen LogP contribution is 2.26. The number of aryl methyl sites for hydroxylation is 1. The Morgan fingerprint density at radius 3 is 2.44 bits per heavy atom. The number of carbonyl (C=O) groups excluding carboxylic acids is 1. The van der Waals surface area contributed by atoms with Gasteiger partial charge in [0.25, 0.3) is 5.91 Å². The van der Waals surface area contributed by atoms with Gasteiger partial charge in [0.1, 0.15) is 0 Å². The van der Waals surface area contributed by atoms with E-state index in [0.717, 1.165) is 10.0 Å². The van der Waals surface area contributed by atoms with Crippen LogP contribution in [0.2, 0.25) is 5.02 Å². The van der Waals surface area contributed by atoms with Crippen molar-refractivity contribution in [2.45, 2.75) is 6.92 Å². The molecule has 1 N–H and O–H groups in total. The largest absolute Gasteiger partial charge is 0.321 e. The van der Waals surface area contributed by atoms with E-state index in [-0.39, 0.29) is 5.91 Å². The number of carbonyl (C=O) groups is 1. The summed E-state index contributed by atoms with van der Waals surface area (Å²) in [4.78, 5) is 12.0. The average Bonchev–Trinajstić information content (AvgIpc) is 2.33. The van der Waals surface area contributed by atoms with Crippen LogP contribution < -0.4 is 5.32 Å². The van der Waals surface area contributed by atoms with Gasteiger partial charge in [0.05, 0.1) is 10.7 Å². The van der Waals surface area contributed by atoms with E-state index in [1.807, 2.05) is 25.1 Å². The average molecular weight is 325 g/mol. The second-order valence-electron chi connectivity index (χ2n) is 3.94. The van der Waals surface area contributed by atoms with Gasteiger partial charge in [-0.2, -0.15) is 0 Å². The maximum absolute atomic E-state index is 12.0. The lowest BCUT2D eigenvalue weighted by molar-refractivity contribution is 0.102. The van der Waals surface area contributed by atoms with Crippen molar-refractivity contribution in [3.8, 4) is 0 Å². The smallest absolute Gasteiger partial charge is 0.255 e. The van der Waals surface area contributed by atoms with E-state index in [2.05, 4.69) is 21.2 Å². The monoisotopic (exact) mass is 323 g/mol. The number of halogens is 2. The third-order valence-electron chi connectivity index (χ3n) is 2.49. The summed E-state index contributed by atoms with van der Waals surface area (Å²) >= 11 is 9.36. The van der Waals surface area contributed by atoms with Crippen LogP contribution in [-0.4, -0.2) is 5.91 Å². The molecule has 0 aliphatic heterocycles. The topological polar surface area (TPSA) is 29.1 Å². The van der Waals surface area contributed by atoms with E-state index in [0.29, 0.717) is 16.3 Å². The van der Waals surface area contributed by atoms with E-state index in [1.54, 1.807) is 24.3 Å². The number of hydrogen-bond acceptors (Lipinski definition) is 1. The molecule has 0 heterocycles. The fourth-order valence-electron chi connectivity index (χ4n) is 1.49. The summed E-state index contributed by atoms with van der Waals surface area (Å²) in [6.07, 6.45) is 0. The van der Waals surface area contributed by atoms with Crippen molar-refractivity contribution in [1.29, 1.82) is 0 Å². The van der Waals surface area contributed by atoms with Crippen LogP contribution in [0.25, 0.3) is 0 Å². The Bertz CT molecular complexity index is 581. The van der Waals surface area contributed by atoms with Gasteiger partial charge in [-0.05, 0) is 37.3 Å². The van der Waals surface area contributed by atoms with E-state index in [1.165, 1.54) is 0 Å². The molecule has 0 aliphatic carbocycles. The molecule has 0 spiro atoms. The molecule has 4 heteroatoms. The highest BCUT2D eigenvalue weighted by Gasteiger charge is 2.08. The van der Waals surface area contributed by atoms with Crippen LogP contribution in [0.3, 0.4) is 0 Å². The Balaban J connectivity index is 2.18. The van der Waals surface area contributed by atoms with Crippen molar-refractivity contribution in [2.75, 3.05) is 5.32 Å². The van der Waals surface area contributed by atoms with Gasteiger partial charge in [-0.15, -0.1) is 0 Å². The SMILES string of the molecule is Cc1ccc(C(=O)Nc2ccc(Br)cc2Cl)cc1. The fraction of sp³-hybridized carbons (Fsp3) is 0.0714. The first-order valence-electron chi connectivity index (χ1n) is 5.39. The second-order valence-corrected chi connectivity index (χ2v) is 5.27. The van der Waals surface area contributed by atoms with Crippen molar-refractivity contribution in [3.63, 3.8) is 0 Å². The van der Waals surface area contributed by atoms with Crippen LogP contribution in [0.15, 0.2) is 46.9 Å². The van der Waals surface area contributed by atoms with Crippen molar-refractivity contribution in [1.82, 2.24) is 0 Å². The molecule has 0 saturated carbocycles. The van der Waals surface area contributed by atoms with Gasteiger partial charge in [-0.3, -0.25) is 4.79 Å². The zero-order chi connectivity index (χ0) is 13.1. The van der Waals surface area contributed by atoms with E-state index in [9.17, 15) is 4.79 Å². The Hall–Kier alpha value is -1.32. The van der Waals surface area contributed by atoms with Gasteiger partial charge in [0.15, 0.2) is 0 Å². The highest BCUT2D eigenvalue weighted by molar-refractivity contribution is 9.10. The summed E-state index contributed by atoms with van der Waals surface area (Å²) in [5.74, 6) is -0.167. The normalized spacial score (nSPS) is 10.2. The van der Waals surface area contributed by atoms with Crippen LogP contribution in [0.1, 0.15) is 15.9 Å². The Morgan fingerprint density at radius 2 is 1.83 bits per heavy atom. The van der Waals surface area contributed by atoms with Crippen LogP contribution in [0.4, 0.5) is 5.69 Å². The molecular weight excluding hydrogens is 314 g/mol. The lowest BCUT2D eigenvalue weighted by atomic mass is 10.1. The number of amides is 1. The zero-order valence-electron chi connectivity index (χ0n) is 9.71. The van der Waals surface area contributed by atoms with E-state index >= 15 is 0 Å². The number of hydrogen-bond donors (Lipinski definition) is 1. The van der Waals surface area contributed by atoms with Gasteiger partial charge in [0.2, 0.25) is 0 Å². The van der Waals surface area contributed by atoms with Crippen molar-refractivity contribution >= 4 is 39.1 Å². The minimum atomic E-state index is -0.167. The molecular formula is C14H11BrClNO. The molecule has 0 saturated heterocycles. The molecule has 0 aromatic heterocycles. The molecule has 0 fully saturated rings. The molecule has 92 valence electrons. The van der Waals surface area contributed by atoms with Gasteiger partial charge in [-0.25, -0.2) is 0 Å². The van der Waals surface area contributed by atoms with E-state index in [4.69, 9.17) is 11.6 Å².